The Kier molecular flexibility index (Phi) is 2.85. The molecule has 1 aromatic rings. The summed E-state index contributed by atoms with van der Waals surface area (Å²) in [6.07, 6.45) is 6.37. The molecular formula is C6H7N3OS. The van der Waals surface area contributed by atoms with E-state index in [-0.39, 0.29) is 0 Å². The lowest BCUT2D eigenvalue weighted by molar-refractivity contribution is 0.322. The third-order valence-corrected chi connectivity index (χ3v) is 1.61. The van der Waals surface area contributed by atoms with E-state index in [4.69, 9.17) is 5.21 Å². The van der Waals surface area contributed by atoms with Crippen LogP contribution in [0.1, 0.15) is 5.56 Å². The van der Waals surface area contributed by atoms with E-state index < -0.39 is 0 Å². The van der Waals surface area contributed by atoms with Crippen molar-refractivity contribution in [1.29, 1.82) is 0 Å². The van der Waals surface area contributed by atoms with E-state index >= 15 is 0 Å². The smallest absolute Gasteiger partial charge is 0.187 e. The average molecular weight is 169 g/mol. The molecule has 11 heavy (non-hydrogen) atoms. The Bertz CT molecular complexity index is 247. The van der Waals surface area contributed by atoms with Crippen LogP contribution in [0.3, 0.4) is 0 Å². The number of oxime groups is 1. The summed E-state index contributed by atoms with van der Waals surface area (Å²) in [5.41, 5.74) is 0.685. The second-order valence-electron chi connectivity index (χ2n) is 1.75. The maximum absolute atomic E-state index is 8.15. The molecule has 58 valence electrons. The molecular weight excluding hydrogens is 162 g/mol. The first-order valence-corrected chi connectivity index (χ1v) is 4.12. The molecule has 1 aromatic heterocycles. The Morgan fingerprint density at radius 1 is 1.55 bits per heavy atom. The highest BCUT2D eigenvalue weighted by Gasteiger charge is 1.92. The third-order valence-electron chi connectivity index (χ3n) is 1.04. The Morgan fingerprint density at radius 3 is 2.64 bits per heavy atom. The third kappa shape index (κ3) is 2.19. The zero-order chi connectivity index (χ0) is 8.10. The van der Waals surface area contributed by atoms with Crippen molar-refractivity contribution in [3.05, 3.63) is 18.0 Å². The van der Waals surface area contributed by atoms with E-state index in [0.717, 1.165) is 0 Å². The summed E-state index contributed by atoms with van der Waals surface area (Å²) in [5.74, 6) is 0. The molecule has 0 saturated heterocycles. The molecule has 1 rings (SSSR count). The van der Waals surface area contributed by atoms with Gasteiger partial charge in [-0.15, -0.1) is 0 Å². The first-order valence-electron chi connectivity index (χ1n) is 2.90. The molecule has 0 bridgehead atoms. The minimum atomic E-state index is 0.685. The van der Waals surface area contributed by atoms with Crippen molar-refractivity contribution in [1.82, 2.24) is 9.97 Å². The Balaban J connectivity index is 2.82. The summed E-state index contributed by atoms with van der Waals surface area (Å²) in [6.45, 7) is 0. The quantitative estimate of drug-likeness (QED) is 0.236. The number of aromatic nitrogens is 2. The lowest BCUT2D eigenvalue weighted by Crippen LogP contribution is -1.88. The van der Waals surface area contributed by atoms with Crippen LogP contribution in [-0.2, 0) is 0 Å². The van der Waals surface area contributed by atoms with Crippen molar-refractivity contribution in [2.75, 3.05) is 6.26 Å². The van der Waals surface area contributed by atoms with Gasteiger partial charge in [-0.2, -0.15) is 0 Å². The van der Waals surface area contributed by atoms with Crippen LogP contribution in [0.4, 0.5) is 0 Å². The fourth-order valence-electron chi connectivity index (χ4n) is 0.565. The van der Waals surface area contributed by atoms with Gasteiger partial charge in [0.2, 0.25) is 0 Å². The Labute approximate surface area is 68.4 Å². The van der Waals surface area contributed by atoms with Crippen molar-refractivity contribution >= 4 is 18.0 Å². The summed E-state index contributed by atoms with van der Waals surface area (Å²) >= 11 is 1.47. The van der Waals surface area contributed by atoms with Gasteiger partial charge in [0.05, 0.1) is 6.21 Å². The van der Waals surface area contributed by atoms with E-state index in [1.54, 1.807) is 12.4 Å². The van der Waals surface area contributed by atoms with Crippen LogP contribution in [0, 0.1) is 0 Å². The number of rotatable bonds is 2. The molecule has 5 heteroatoms. The topological polar surface area (TPSA) is 58.4 Å². The monoisotopic (exact) mass is 169 g/mol. The normalized spacial score (nSPS) is 10.6. The predicted octanol–water partition coefficient (Wildman–Crippen LogP) is 1.01. The van der Waals surface area contributed by atoms with E-state index in [2.05, 4.69) is 15.1 Å². The van der Waals surface area contributed by atoms with Crippen LogP contribution < -0.4 is 0 Å². The summed E-state index contributed by atoms with van der Waals surface area (Å²) in [5, 5.41) is 11.7. The van der Waals surface area contributed by atoms with Gasteiger partial charge in [-0.25, -0.2) is 9.97 Å². The highest BCUT2D eigenvalue weighted by Crippen LogP contribution is 2.05. The fourth-order valence-corrected chi connectivity index (χ4v) is 0.881. The SMILES string of the molecule is CSc1ncc(C=NO)cn1. The molecule has 4 nitrogen and oxygen atoms in total. The zero-order valence-electron chi connectivity index (χ0n) is 5.93. The lowest BCUT2D eigenvalue weighted by atomic mass is 10.4. The highest BCUT2D eigenvalue weighted by atomic mass is 32.2. The minimum absolute atomic E-state index is 0.685. The predicted molar refractivity (Wildman–Crippen MR) is 43.2 cm³/mol. The molecule has 0 amide bonds. The summed E-state index contributed by atoms with van der Waals surface area (Å²) in [7, 11) is 0. The van der Waals surface area contributed by atoms with Gasteiger partial charge in [-0.05, 0) is 6.26 Å². The zero-order valence-corrected chi connectivity index (χ0v) is 6.75. The first-order chi connectivity index (χ1) is 5.36. The highest BCUT2D eigenvalue weighted by molar-refractivity contribution is 7.98. The molecule has 0 atom stereocenters. The van der Waals surface area contributed by atoms with Gasteiger partial charge in [0.1, 0.15) is 0 Å². The fraction of sp³-hybridized carbons (Fsp3) is 0.167. The first kappa shape index (κ1) is 8.00. The van der Waals surface area contributed by atoms with Gasteiger partial charge in [-0.3, -0.25) is 0 Å². The molecule has 0 aliphatic heterocycles. The molecule has 1 N–H and O–H groups in total. The Morgan fingerprint density at radius 2 is 2.18 bits per heavy atom. The van der Waals surface area contributed by atoms with Crippen LogP contribution >= 0.6 is 11.8 Å². The van der Waals surface area contributed by atoms with E-state index in [9.17, 15) is 0 Å². The molecule has 0 aliphatic carbocycles. The average Bonchev–Trinajstić information content (AvgIpc) is 2.07. The number of hydrogen-bond acceptors (Lipinski definition) is 5. The summed E-state index contributed by atoms with van der Waals surface area (Å²) in [6, 6.07) is 0. The molecule has 0 aliphatic rings. The molecule has 0 aromatic carbocycles. The van der Waals surface area contributed by atoms with Gasteiger partial charge in [0.25, 0.3) is 0 Å². The van der Waals surface area contributed by atoms with Crippen molar-refractivity contribution in [2.24, 2.45) is 5.16 Å². The van der Waals surface area contributed by atoms with E-state index in [1.165, 1.54) is 18.0 Å². The van der Waals surface area contributed by atoms with Crippen LogP contribution in [-0.4, -0.2) is 27.6 Å². The van der Waals surface area contributed by atoms with Gasteiger partial charge in [0, 0.05) is 18.0 Å². The maximum atomic E-state index is 8.15. The number of hydrogen-bond donors (Lipinski definition) is 1. The van der Waals surface area contributed by atoms with Gasteiger partial charge >= 0.3 is 0 Å². The van der Waals surface area contributed by atoms with Gasteiger partial charge < -0.3 is 5.21 Å². The molecule has 0 saturated carbocycles. The number of thioether (sulfide) groups is 1. The standard InChI is InChI=1S/C6H7N3OS/c1-11-6-7-2-5(3-8-6)4-9-10/h2-4,10H,1H3. The largest absolute Gasteiger partial charge is 0.411 e. The summed E-state index contributed by atoms with van der Waals surface area (Å²) < 4.78 is 0. The summed E-state index contributed by atoms with van der Waals surface area (Å²) in [4.78, 5) is 7.93. The van der Waals surface area contributed by atoms with Gasteiger partial charge in [0.15, 0.2) is 5.16 Å². The molecule has 1 heterocycles. The second kappa shape index (κ2) is 3.92. The van der Waals surface area contributed by atoms with Crippen molar-refractivity contribution in [3.63, 3.8) is 0 Å². The molecule has 0 fully saturated rings. The van der Waals surface area contributed by atoms with E-state index in [1.807, 2.05) is 6.26 Å². The maximum Gasteiger partial charge on any atom is 0.187 e. The van der Waals surface area contributed by atoms with Gasteiger partial charge in [-0.1, -0.05) is 16.9 Å². The Hall–Kier alpha value is -1.10. The molecule has 0 spiro atoms. The van der Waals surface area contributed by atoms with Crippen molar-refractivity contribution < 1.29 is 5.21 Å². The van der Waals surface area contributed by atoms with Crippen LogP contribution in [0.25, 0.3) is 0 Å². The van der Waals surface area contributed by atoms with Crippen molar-refractivity contribution in [2.45, 2.75) is 5.16 Å². The number of nitrogens with zero attached hydrogens (tertiary/aromatic N) is 3. The van der Waals surface area contributed by atoms with Crippen molar-refractivity contribution in [3.8, 4) is 0 Å². The van der Waals surface area contributed by atoms with Crippen LogP contribution in [0.15, 0.2) is 22.7 Å². The van der Waals surface area contributed by atoms with E-state index in [0.29, 0.717) is 10.7 Å². The minimum Gasteiger partial charge on any atom is -0.411 e. The molecule has 0 radical (unpaired) electrons. The second-order valence-corrected chi connectivity index (χ2v) is 2.52. The molecule has 0 unspecified atom stereocenters. The van der Waals surface area contributed by atoms with Crippen LogP contribution in [0.2, 0.25) is 0 Å². The van der Waals surface area contributed by atoms with Crippen LogP contribution in [0.5, 0.6) is 0 Å². The lowest BCUT2D eigenvalue weighted by Gasteiger charge is -1.92.